The Balaban J connectivity index is 1.89. The topological polar surface area (TPSA) is 17.1 Å². The number of hydrogen-bond donors (Lipinski definition) is 0. The van der Waals surface area contributed by atoms with Crippen molar-refractivity contribution in [1.82, 2.24) is 0 Å². The molecule has 0 aromatic carbocycles. The number of ketones is 1. The summed E-state index contributed by atoms with van der Waals surface area (Å²) in [6, 6.07) is 0. The van der Waals surface area contributed by atoms with Gasteiger partial charge in [-0.3, -0.25) is 4.79 Å². The minimum atomic E-state index is -0.267. The van der Waals surface area contributed by atoms with Crippen LogP contribution in [0.4, 0.5) is 0 Å². The van der Waals surface area contributed by atoms with Crippen LogP contribution in [0.5, 0.6) is 0 Å². The van der Waals surface area contributed by atoms with Crippen molar-refractivity contribution < 1.29 is 4.79 Å². The van der Waals surface area contributed by atoms with Gasteiger partial charge in [-0.25, -0.2) is 0 Å². The Morgan fingerprint density at radius 3 is 2.50 bits per heavy atom. The van der Waals surface area contributed by atoms with Gasteiger partial charge in [-0.1, -0.05) is 50.3 Å². The third-order valence-corrected chi connectivity index (χ3v) is 6.50. The van der Waals surface area contributed by atoms with E-state index in [-0.39, 0.29) is 4.75 Å². The van der Waals surface area contributed by atoms with Crippen molar-refractivity contribution in [2.75, 3.05) is 5.75 Å². The van der Waals surface area contributed by atoms with Crippen LogP contribution >= 0.6 is 11.8 Å². The van der Waals surface area contributed by atoms with Crippen LogP contribution in [0.2, 0.25) is 0 Å². The molecule has 0 unspecified atom stereocenters. The van der Waals surface area contributed by atoms with Crippen LogP contribution in [-0.4, -0.2) is 16.3 Å². The summed E-state index contributed by atoms with van der Waals surface area (Å²) in [7, 11) is 0. The first kappa shape index (κ1) is 17.8. The molecule has 2 aliphatic rings. The predicted molar refractivity (Wildman–Crippen MR) is 98.4 cm³/mol. The fourth-order valence-corrected chi connectivity index (χ4v) is 4.77. The zero-order chi connectivity index (χ0) is 16.0. The predicted octanol–water partition coefficient (Wildman–Crippen LogP) is 6.09. The molecule has 0 amide bonds. The van der Waals surface area contributed by atoms with E-state index < -0.39 is 0 Å². The second-order valence-electron chi connectivity index (χ2n) is 7.29. The van der Waals surface area contributed by atoms with E-state index in [1.54, 1.807) is 5.57 Å². The number of Topliss-reactive ketones (excluding diaryl/α,β-unsaturated/α-hetero) is 1. The Hall–Kier alpha value is -0.500. The molecule has 0 spiro atoms. The smallest absolute Gasteiger partial charge is 0.174 e. The highest BCUT2D eigenvalue weighted by Crippen LogP contribution is 2.36. The molecule has 2 heteroatoms. The number of allylic oxidation sites excluding steroid dienone is 4. The average molecular weight is 321 g/mol. The van der Waals surface area contributed by atoms with E-state index in [1.807, 2.05) is 11.8 Å². The monoisotopic (exact) mass is 320 g/mol. The van der Waals surface area contributed by atoms with Crippen molar-refractivity contribution in [3.63, 3.8) is 0 Å². The van der Waals surface area contributed by atoms with Crippen LogP contribution in [0.25, 0.3) is 0 Å². The number of carbonyl (C=O) groups excluding carboxylic acids is 1. The summed E-state index contributed by atoms with van der Waals surface area (Å²) < 4.78 is -0.267. The van der Waals surface area contributed by atoms with Gasteiger partial charge < -0.3 is 0 Å². The molecule has 0 bridgehead atoms. The molecule has 0 aliphatic heterocycles. The lowest BCUT2D eigenvalue weighted by Crippen LogP contribution is -2.30. The summed E-state index contributed by atoms with van der Waals surface area (Å²) in [5.74, 6) is 2.24. The molecule has 0 aromatic rings. The van der Waals surface area contributed by atoms with E-state index in [4.69, 9.17) is 0 Å². The molecule has 2 aliphatic carbocycles. The van der Waals surface area contributed by atoms with Crippen LogP contribution in [0.15, 0.2) is 23.3 Å². The van der Waals surface area contributed by atoms with Crippen LogP contribution in [0.1, 0.15) is 78.6 Å². The summed E-state index contributed by atoms with van der Waals surface area (Å²) in [4.78, 5) is 12.8. The van der Waals surface area contributed by atoms with Crippen molar-refractivity contribution in [3.05, 3.63) is 23.3 Å². The second-order valence-corrected chi connectivity index (χ2v) is 9.01. The van der Waals surface area contributed by atoms with Gasteiger partial charge in [0.15, 0.2) is 5.78 Å². The van der Waals surface area contributed by atoms with E-state index in [1.165, 1.54) is 44.9 Å². The fourth-order valence-electron chi connectivity index (χ4n) is 3.56. The Morgan fingerprint density at radius 2 is 1.91 bits per heavy atom. The maximum Gasteiger partial charge on any atom is 0.174 e. The van der Waals surface area contributed by atoms with E-state index in [0.717, 1.165) is 30.1 Å². The number of carbonyl (C=O) groups is 1. The van der Waals surface area contributed by atoms with Gasteiger partial charge in [0.05, 0.1) is 4.75 Å². The second kappa shape index (κ2) is 8.38. The maximum absolute atomic E-state index is 12.8. The number of unbranched alkanes of at least 4 members (excludes halogenated alkanes) is 1. The summed E-state index contributed by atoms with van der Waals surface area (Å²) in [5, 5.41) is 0. The molecule has 0 saturated heterocycles. The van der Waals surface area contributed by atoms with E-state index >= 15 is 0 Å². The third-order valence-electron chi connectivity index (χ3n) is 5.10. The molecule has 1 saturated carbocycles. The highest BCUT2D eigenvalue weighted by molar-refractivity contribution is 8.01. The normalized spacial score (nSPS) is 20.5. The Labute approximate surface area is 141 Å². The molecule has 124 valence electrons. The molecule has 22 heavy (non-hydrogen) atoms. The van der Waals surface area contributed by atoms with Gasteiger partial charge in [-0.2, -0.15) is 0 Å². The first-order valence-corrected chi connectivity index (χ1v) is 10.1. The molecular weight excluding hydrogens is 288 g/mol. The van der Waals surface area contributed by atoms with Gasteiger partial charge in [-0.05, 0) is 63.2 Å². The standard InChI is InChI=1S/C20H32OS/c1-4-5-15-22-20(2,3)19(21)18-13-11-17(12-14-18)16-9-7-6-8-10-16/h11,14,16H,4-10,12-13,15H2,1-3H3. The first-order valence-electron chi connectivity index (χ1n) is 9.11. The summed E-state index contributed by atoms with van der Waals surface area (Å²) in [6.45, 7) is 6.39. The zero-order valence-electron chi connectivity index (χ0n) is 14.6. The number of hydrogen-bond acceptors (Lipinski definition) is 2. The first-order chi connectivity index (χ1) is 10.5. The highest BCUT2D eigenvalue weighted by Gasteiger charge is 2.31. The number of thioether (sulfide) groups is 1. The lowest BCUT2D eigenvalue weighted by Gasteiger charge is -2.28. The van der Waals surface area contributed by atoms with Crippen molar-refractivity contribution in [2.24, 2.45) is 5.92 Å². The van der Waals surface area contributed by atoms with Gasteiger partial charge in [-0.15, -0.1) is 11.8 Å². The number of rotatable bonds is 7. The summed E-state index contributed by atoms with van der Waals surface area (Å²) >= 11 is 1.82. The van der Waals surface area contributed by atoms with Gasteiger partial charge in [0, 0.05) is 0 Å². The van der Waals surface area contributed by atoms with Crippen molar-refractivity contribution >= 4 is 17.5 Å². The highest BCUT2D eigenvalue weighted by atomic mass is 32.2. The molecular formula is C20H32OS. The minimum Gasteiger partial charge on any atom is -0.293 e. The molecule has 1 nitrogen and oxygen atoms in total. The van der Waals surface area contributed by atoms with Crippen LogP contribution in [0.3, 0.4) is 0 Å². The van der Waals surface area contributed by atoms with Gasteiger partial charge >= 0.3 is 0 Å². The summed E-state index contributed by atoms with van der Waals surface area (Å²) in [5.41, 5.74) is 2.65. The molecule has 2 rings (SSSR count). The Bertz CT molecular complexity index is 439. The van der Waals surface area contributed by atoms with Crippen molar-refractivity contribution in [2.45, 2.75) is 83.3 Å². The van der Waals surface area contributed by atoms with Crippen LogP contribution in [-0.2, 0) is 4.79 Å². The van der Waals surface area contributed by atoms with Gasteiger partial charge in [0.25, 0.3) is 0 Å². The molecule has 0 heterocycles. The SMILES string of the molecule is CCCCSC(C)(C)C(=O)C1=CCC(C2CCCCC2)=CC1. The van der Waals surface area contributed by atoms with E-state index in [2.05, 4.69) is 32.9 Å². The zero-order valence-corrected chi connectivity index (χ0v) is 15.4. The minimum absolute atomic E-state index is 0.267. The molecule has 0 atom stereocenters. The molecule has 1 fully saturated rings. The van der Waals surface area contributed by atoms with Crippen molar-refractivity contribution in [3.8, 4) is 0 Å². The van der Waals surface area contributed by atoms with E-state index in [0.29, 0.717) is 5.78 Å². The fraction of sp³-hybridized carbons (Fsp3) is 0.750. The largest absolute Gasteiger partial charge is 0.293 e. The average Bonchev–Trinajstić information content (AvgIpc) is 2.55. The molecule has 0 radical (unpaired) electrons. The lowest BCUT2D eigenvalue weighted by molar-refractivity contribution is -0.117. The lowest BCUT2D eigenvalue weighted by atomic mass is 9.79. The van der Waals surface area contributed by atoms with Gasteiger partial charge in [0.1, 0.15) is 0 Å². The molecule has 0 aromatic heterocycles. The Morgan fingerprint density at radius 1 is 1.18 bits per heavy atom. The van der Waals surface area contributed by atoms with E-state index in [9.17, 15) is 4.79 Å². The quantitative estimate of drug-likeness (QED) is 0.417. The maximum atomic E-state index is 12.8. The van der Waals surface area contributed by atoms with Crippen LogP contribution in [0, 0.1) is 5.92 Å². The van der Waals surface area contributed by atoms with Gasteiger partial charge in [0.2, 0.25) is 0 Å². The third kappa shape index (κ3) is 4.75. The molecule has 0 N–H and O–H groups in total. The summed E-state index contributed by atoms with van der Waals surface area (Å²) in [6.07, 6.45) is 15.8. The Kier molecular flexibility index (Phi) is 6.80. The van der Waals surface area contributed by atoms with Crippen molar-refractivity contribution in [1.29, 1.82) is 0 Å². The van der Waals surface area contributed by atoms with Crippen LogP contribution < -0.4 is 0 Å².